The van der Waals surface area contributed by atoms with Crippen molar-refractivity contribution in [3.8, 4) is 11.8 Å². The Balaban J connectivity index is 1.69. The van der Waals surface area contributed by atoms with Crippen LogP contribution in [-0.2, 0) is 11.2 Å². The third-order valence-corrected chi connectivity index (χ3v) is 5.46. The maximum atomic E-state index is 14.4. The van der Waals surface area contributed by atoms with Gasteiger partial charge in [-0.2, -0.15) is 5.26 Å². The Bertz CT molecular complexity index is 1340. The number of H-pyrrole nitrogens is 1. The molecule has 0 unspecified atom stereocenters. The van der Waals surface area contributed by atoms with Gasteiger partial charge in [-0.3, -0.25) is 9.59 Å². The molecule has 1 aromatic carbocycles. The number of aryl methyl sites for hydroxylation is 1. The van der Waals surface area contributed by atoms with Crippen molar-refractivity contribution in [3.05, 3.63) is 68.8 Å². The number of rotatable bonds is 3. The molecule has 2 aromatic heterocycles. The van der Waals surface area contributed by atoms with Crippen molar-refractivity contribution in [2.75, 3.05) is 0 Å². The van der Waals surface area contributed by atoms with E-state index >= 15 is 0 Å². The molecule has 0 aliphatic carbocycles. The fraction of sp³-hybridized carbons (Fsp3) is 0.273. The van der Waals surface area contributed by atoms with Crippen LogP contribution in [0.3, 0.4) is 0 Å². The summed E-state index contributed by atoms with van der Waals surface area (Å²) in [6.07, 6.45) is 1.11. The highest BCUT2D eigenvalue weighted by Gasteiger charge is 2.44. The molecule has 158 valence electrons. The quantitative estimate of drug-likeness (QED) is 0.672. The number of hydrogen-bond acceptors (Lipinski definition) is 5. The van der Waals surface area contributed by atoms with E-state index in [-0.39, 0.29) is 29.0 Å². The first kappa shape index (κ1) is 20.5. The number of hydrogen-bond donors (Lipinski definition) is 2. The fourth-order valence-electron chi connectivity index (χ4n) is 4.00. The summed E-state index contributed by atoms with van der Waals surface area (Å²) in [4.78, 5) is 32.1. The summed E-state index contributed by atoms with van der Waals surface area (Å²) >= 11 is 0. The number of amides is 1. The van der Waals surface area contributed by atoms with Gasteiger partial charge < -0.3 is 15.0 Å². The van der Waals surface area contributed by atoms with Gasteiger partial charge >= 0.3 is 0 Å². The molecule has 0 bridgehead atoms. The highest BCUT2D eigenvalue weighted by molar-refractivity contribution is 5.88. The number of nitrogens with zero attached hydrogens (tertiary/aromatic N) is 2. The summed E-state index contributed by atoms with van der Waals surface area (Å²) in [5, 5.41) is 12.5. The minimum Gasteiger partial charge on any atom is -0.485 e. The molecule has 1 amide bonds. The SMILES string of the molecule is Cc1c(CC(=O)N[C@@H]2c3c(F)cc(F)cc3OC2(C)C)c(=O)[nH]c2ccnc(C#N)c12. The van der Waals surface area contributed by atoms with Crippen LogP contribution in [0.15, 0.2) is 29.2 Å². The standard InChI is InChI=1S/C22H18F2N4O3/c1-10-12(21(30)27-14-4-5-26-15(9-25)18(10)14)8-17(29)28-20-19-13(24)6-11(23)7-16(19)31-22(20,2)3/h4-7,20H,8H2,1-3H3,(H,27,30)(H,28,29)/t20-/m1/s1. The van der Waals surface area contributed by atoms with Crippen molar-refractivity contribution in [2.24, 2.45) is 0 Å². The summed E-state index contributed by atoms with van der Waals surface area (Å²) < 4.78 is 33.6. The monoisotopic (exact) mass is 424 g/mol. The minimum absolute atomic E-state index is 0.0252. The Labute approximate surface area is 175 Å². The lowest BCUT2D eigenvalue weighted by Gasteiger charge is -2.27. The summed E-state index contributed by atoms with van der Waals surface area (Å²) in [5.41, 5.74) is -0.223. The van der Waals surface area contributed by atoms with E-state index in [1.54, 1.807) is 26.8 Å². The molecule has 1 aliphatic heterocycles. The molecule has 3 heterocycles. The second-order valence-corrected chi connectivity index (χ2v) is 7.93. The number of nitrogens with one attached hydrogen (secondary N) is 2. The first-order valence-electron chi connectivity index (χ1n) is 9.50. The van der Waals surface area contributed by atoms with Gasteiger partial charge in [-0.25, -0.2) is 13.8 Å². The van der Waals surface area contributed by atoms with Crippen LogP contribution < -0.4 is 15.6 Å². The van der Waals surface area contributed by atoms with Gasteiger partial charge in [0.2, 0.25) is 5.91 Å². The van der Waals surface area contributed by atoms with Gasteiger partial charge in [0, 0.05) is 29.3 Å². The minimum atomic E-state index is -1.03. The van der Waals surface area contributed by atoms with Gasteiger partial charge in [0.1, 0.15) is 34.7 Å². The molecule has 4 rings (SSSR count). The van der Waals surface area contributed by atoms with Crippen LogP contribution in [-0.4, -0.2) is 21.5 Å². The third kappa shape index (κ3) is 3.40. The Morgan fingerprint density at radius 1 is 1.39 bits per heavy atom. The van der Waals surface area contributed by atoms with Crippen molar-refractivity contribution < 1.29 is 18.3 Å². The van der Waals surface area contributed by atoms with Gasteiger partial charge in [-0.15, -0.1) is 0 Å². The third-order valence-electron chi connectivity index (χ3n) is 5.46. The van der Waals surface area contributed by atoms with Gasteiger partial charge in [-0.1, -0.05) is 0 Å². The molecule has 0 saturated carbocycles. The number of pyridine rings is 2. The van der Waals surface area contributed by atoms with Crippen LogP contribution in [0, 0.1) is 29.9 Å². The first-order chi connectivity index (χ1) is 14.6. The number of carbonyl (C=O) groups is 1. The lowest BCUT2D eigenvalue weighted by atomic mass is 9.93. The number of halogens is 2. The molecule has 31 heavy (non-hydrogen) atoms. The first-order valence-corrected chi connectivity index (χ1v) is 9.50. The molecule has 1 aliphatic rings. The molecule has 2 N–H and O–H groups in total. The molecular formula is C22H18F2N4O3. The summed E-state index contributed by atoms with van der Waals surface area (Å²) in [7, 11) is 0. The zero-order valence-corrected chi connectivity index (χ0v) is 17.0. The molecule has 1 atom stereocenters. The number of nitriles is 1. The molecule has 0 saturated heterocycles. The van der Waals surface area contributed by atoms with E-state index in [1.807, 2.05) is 6.07 Å². The van der Waals surface area contributed by atoms with Gasteiger partial charge in [0.15, 0.2) is 0 Å². The van der Waals surface area contributed by atoms with Crippen LogP contribution in [0.2, 0.25) is 0 Å². The topological polar surface area (TPSA) is 108 Å². The zero-order chi connectivity index (χ0) is 22.5. The van der Waals surface area contributed by atoms with Crippen molar-refractivity contribution in [1.82, 2.24) is 15.3 Å². The molecule has 0 fully saturated rings. The van der Waals surface area contributed by atoms with Crippen LogP contribution >= 0.6 is 0 Å². The molecular weight excluding hydrogens is 406 g/mol. The molecule has 9 heteroatoms. The Hall–Kier alpha value is -3.80. The number of carbonyl (C=O) groups excluding carboxylic acids is 1. The van der Waals surface area contributed by atoms with Crippen molar-refractivity contribution in [1.29, 1.82) is 5.26 Å². The average molecular weight is 424 g/mol. The molecule has 3 aromatic rings. The Morgan fingerprint density at radius 2 is 2.13 bits per heavy atom. The fourth-order valence-corrected chi connectivity index (χ4v) is 4.00. The highest BCUT2D eigenvalue weighted by atomic mass is 19.1. The molecule has 0 radical (unpaired) electrons. The molecule has 7 nitrogen and oxygen atoms in total. The largest absolute Gasteiger partial charge is 0.485 e. The number of aromatic amines is 1. The zero-order valence-electron chi connectivity index (χ0n) is 17.0. The van der Waals surface area contributed by atoms with Gasteiger partial charge in [0.05, 0.1) is 23.5 Å². The van der Waals surface area contributed by atoms with E-state index < -0.39 is 34.7 Å². The maximum Gasteiger partial charge on any atom is 0.252 e. The predicted octanol–water partition coefficient (Wildman–Crippen LogP) is 2.95. The Morgan fingerprint density at radius 3 is 2.84 bits per heavy atom. The number of fused-ring (bicyclic) bond motifs is 2. The van der Waals surface area contributed by atoms with Crippen molar-refractivity contribution >= 4 is 16.8 Å². The van der Waals surface area contributed by atoms with Crippen LogP contribution in [0.1, 0.15) is 42.3 Å². The second-order valence-electron chi connectivity index (χ2n) is 7.93. The van der Waals surface area contributed by atoms with E-state index in [2.05, 4.69) is 15.3 Å². The van der Waals surface area contributed by atoms with Crippen LogP contribution in [0.4, 0.5) is 8.78 Å². The Kier molecular flexibility index (Phi) is 4.73. The van der Waals surface area contributed by atoms with E-state index in [1.165, 1.54) is 6.20 Å². The lowest BCUT2D eigenvalue weighted by Crippen LogP contribution is -2.43. The normalized spacial score (nSPS) is 16.5. The number of benzene rings is 1. The number of ether oxygens (including phenoxy) is 1. The van der Waals surface area contributed by atoms with E-state index in [0.717, 1.165) is 12.1 Å². The van der Waals surface area contributed by atoms with E-state index in [9.17, 15) is 23.6 Å². The van der Waals surface area contributed by atoms with Crippen molar-refractivity contribution in [3.63, 3.8) is 0 Å². The van der Waals surface area contributed by atoms with Gasteiger partial charge in [0.25, 0.3) is 5.56 Å². The smallest absolute Gasteiger partial charge is 0.252 e. The van der Waals surface area contributed by atoms with Crippen LogP contribution in [0.25, 0.3) is 10.9 Å². The predicted molar refractivity (Wildman–Crippen MR) is 107 cm³/mol. The van der Waals surface area contributed by atoms with Gasteiger partial charge in [-0.05, 0) is 32.4 Å². The van der Waals surface area contributed by atoms with Crippen LogP contribution in [0.5, 0.6) is 5.75 Å². The van der Waals surface area contributed by atoms with E-state index in [0.29, 0.717) is 16.5 Å². The summed E-state index contributed by atoms with van der Waals surface area (Å²) in [5.74, 6) is -2.12. The van der Waals surface area contributed by atoms with Crippen molar-refractivity contribution in [2.45, 2.75) is 38.8 Å². The summed E-state index contributed by atoms with van der Waals surface area (Å²) in [6.45, 7) is 4.94. The summed E-state index contributed by atoms with van der Waals surface area (Å²) in [6, 6.07) is 4.48. The van der Waals surface area contributed by atoms with E-state index in [4.69, 9.17) is 4.74 Å². The molecule has 0 spiro atoms. The second kappa shape index (κ2) is 7.16. The maximum absolute atomic E-state index is 14.4. The highest BCUT2D eigenvalue weighted by Crippen LogP contribution is 2.44. The average Bonchev–Trinajstić information content (AvgIpc) is 2.93. The lowest BCUT2D eigenvalue weighted by molar-refractivity contribution is -0.122. The number of aromatic nitrogens is 2.